The minimum atomic E-state index is 0.579. The van der Waals surface area contributed by atoms with Crippen molar-refractivity contribution in [2.24, 2.45) is 10.7 Å². The highest BCUT2D eigenvalue weighted by Crippen LogP contribution is 2.21. The number of hydrogen-bond donors (Lipinski definition) is 3. The van der Waals surface area contributed by atoms with Crippen molar-refractivity contribution in [3.63, 3.8) is 0 Å². The summed E-state index contributed by atoms with van der Waals surface area (Å²) in [5.74, 6) is 1.40. The summed E-state index contributed by atoms with van der Waals surface area (Å²) < 4.78 is 0. The molecular formula is C21H28N8. The highest BCUT2D eigenvalue weighted by Gasteiger charge is 2.14. The molecular weight excluding hydrogens is 364 g/mol. The first-order chi connectivity index (χ1) is 14.0. The summed E-state index contributed by atoms with van der Waals surface area (Å²) in [6.07, 6.45) is 4.38. The molecule has 29 heavy (non-hydrogen) atoms. The van der Waals surface area contributed by atoms with Gasteiger partial charge in [0.2, 0.25) is 0 Å². The van der Waals surface area contributed by atoms with E-state index in [1.165, 1.54) is 12.4 Å². The fraction of sp³-hybridized carbons (Fsp3) is 0.333. The molecule has 0 bridgehead atoms. The number of aliphatic imine (C=N–C) groups is 1. The lowest BCUT2D eigenvalue weighted by molar-refractivity contribution is 0.313. The molecule has 0 radical (unpaired) electrons. The molecule has 0 aromatic carbocycles. The summed E-state index contributed by atoms with van der Waals surface area (Å²) in [6.45, 7) is 7.94. The van der Waals surface area contributed by atoms with Crippen molar-refractivity contribution in [3.05, 3.63) is 48.1 Å². The van der Waals surface area contributed by atoms with Crippen LogP contribution in [0, 0.1) is 12.3 Å². The number of amidine groups is 1. The van der Waals surface area contributed by atoms with Gasteiger partial charge in [0, 0.05) is 62.1 Å². The fourth-order valence-corrected chi connectivity index (χ4v) is 3.19. The smallest absolute Gasteiger partial charge is 0.155 e. The number of likely N-dealkylation sites (N-methyl/N-ethyl adjacent to an activating group) is 1. The van der Waals surface area contributed by atoms with Gasteiger partial charge in [0.15, 0.2) is 5.82 Å². The highest BCUT2D eigenvalue weighted by molar-refractivity contribution is 6.07. The molecule has 3 heterocycles. The topological polar surface area (TPSA) is 107 Å². The molecule has 1 aliphatic rings. The van der Waals surface area contributed by atoms with Crippen LogP contribution in [0.3, 0.4) is 0 Å². The monoisotopic (exact) mass is 392 g/mol. The van der Waals surface area contributed by atoms with Gasteiger partial charge in [0.25, 0.3) is 0 Å². The molecule has 1 aliphatic heterocycles. The normalized spacial score (nSPS) is 16.0. The molecule has 1 fully saturated rings. The van der Waals surface area contributed by atoms with Gasteiger partial charge < -0.3 is 26.3 Å². The van der Waals surface area contributed by atoms with E-state index in [0.29, 0.717) is 17.1 Å². The fourth-order valence-electron chi connectivity index (χ4n) is 3.19. The maximum absolute atomic E-state index is 7.40. The summed E-state index contributed by atoms with van der Waals surface area (Å²) in [5.41, 5.74) is 9.59. The number of allylic oxidation sites excluding steroid dienone is 1. The number of pyridine rings is 2. The first-order valence-corrected chi connectivity index (χ1v) is 9.62. The molecule has 8 nitrogen and oxygen atoms in total. The quantitative estimate of drug-likeness (QED) is 0.533. The number of piperazine rings is 1. The number of nitrogens with zero attached hydrogens (tertiary/aromatic N) is 5. The minimum Gasteiger partial charge on any atom is -0.404 e. The van der Waals surface area contributed by atoms with Crippen LogP contribution in [0.1, 0.15) is 18.3 Å². The molecule has 8 heteroatoms. The van der Waals surface area contributed by atoms with Gasteiger partial charge in [-0.25, -0.2) is 9.98 Å². The predicted octanol–water partition coefficient (Wildman–Crippen LogP) is 2.65. The van der Waals surface area contributed by atoms with Gasteiger partial charge >= 0.3 is 0 Å². The second kappa shape index (κ2) is 9.29. The van der Waals surface area contributed by atoms with Crippen molar-refractivity contribution in [2.75, 3.05) is 43.4 Å². The van der Waals surface area contributed by atoms with Crippen molar-refractivity contribution in [3.8, 4) is 0 Å². The molecule has 0 amide bonds. The summed E-state index contributed by atoms with van der Waals surface area (Å²) in [4.78, 5) is 18.2. The number of aryl methyl sites for hydroxylation is 1. The number of rotatable bonds is 5. The van der Waals surface area contributed by atoms with E-state index in [1.807, 2.05) is 38.1 Å². The van der Waals surface area contributed by atoms with Gasteiger partial charge in [0.1, 0.15) is 5.84 Å². The van der Waals surface area contributed by atoms with Crippen LogP contribution in [0.4, 0.5) is 17.2 Å². The predicted molar refractivity (Wildman–Crippen MR) is 120 cm³/mol. The third kappa shape index (κ3) is 5.17. The molecule has 0 unspecified atom stereocenters. The van der Waals surface area contributed by atoms with Crippen LogP contribution in [-0.4, -0.2) is 60.1 Å². The summed E-state index contributed by atoms with van der Waals surface area (Å²) in [5, 5.41) is 10.7. The van der Waals surface area contributed by atoms with Crippen molar-refractivity contribution >= 4 is 34.8 Å². The molecule has 0 spiro atoms. The zero-order valence-electron chi connectivity index (χ0n) is 17.2. The Morgan fingerprint density at radius 2 is 2.00 bits per heavy atom. The van der Waals surface area contributed by atoms with Crippen molar-refractivity contribution in [2.45, 2.75) is 13.8 Å². The van der Waals surface area contributed by atoms with Crippen molar-refractivity contribution < 1.29 is 0 Å². The van der Waals surface area contributed by atoms with E-state index in [0.717, 1.165) is 49.1 Å². The summed E-state index contributed by atoms with van der Waals surface area (Å²) >= 11 is 0. The Balaban J connectivity index is 1.73. The van der Waals surface area contributed by atoms with Gasteiger partial charge in [-0.1, -0.05) is 0 Å². The average Bonchev–Trinajstić information content (AvgIpc) is 2.71. The van der Waals surface area contributed by atoms with Crippen LogP contribution in [0.2, 0.25) is 0 Å². The van der Waals surface area contributed by atoms with Gasteiger partial charge in [-0.2, -0.15) is 0 Å². The Bertz CT molecular complexity index is 926. The first-order valence-electron chi connectivity index (χ1n) is 9.62. The van der Waals surface area contributed by atoms with Gasteiger partial charge in [-0.05, 0) is 39.1 Å². The Morgan fingerprint density at radius 3 is 2.66 bits per heavy atom. The molecule has 2 aromatic rings. The summed E-state index contributed by atoms with van der Waals surface area (Å²) in [7, 11) is 2.15. The molecule has 0 aliphatic carbocycles. The highest BCUT2D eigenvalue weighted by atomic mass is 15.2. The van der Waals surface area contributed by atoms with Crippen LogP contribution < -0.4 is 16.0 Å². The lowest BCUT2D eigenvalue weighted by atomic mass is 10.1. The number of hydrogen-bond acceptors (Lipinski definition) is 7. The van der Waals surface area contributed by atoms with E-state index in [2.05, 4.69) is 37.1 Å². The standard InChI is InChI=1S/C21H28N8/c1-15-19(4-5-20(25-15)17(13-22)14-23)26-16(2)27-21-12-18(6-7-24-21)29-10-8-28(3)9-11-29/h4-7,12-14,22H,8-11,23H2,1-3H3,(H,24,26,27). The Kier molecular flexibility index (Phi) is 6.56. The van der Waals surface area contributed by atoms with Crippen LogP contribution in [0.25, 0.3) is 5.57 Å². The Morgan fingerprint density at radius 1 is 1.24 bits per heavy atom. The molecule has 1 saturated heterocycles. The zero-order valence-corrected chi connectivity index (χ0v) is 17.2. The van der Waals surface area contributed by atoms with E-state index in [1.54, 1.807) is 6.20 Å². The third-order valence-corrected chi connectivity index (χ3v) is 4.91. The van der Waals surface area contributed by atoms with Crippen LogP contribution in [0.5, 0.6) is 0 Å². The first kappa shape index (κ1) is 20.5. The zero-order chi connectivity index (χ0) is 20.8. The largest absolute Gasteiger partial charge is 0.404 e. The van der Waals surface area contributed by atoms with Crippen LogP contribution in [0.15, 0.2) is 41.7 Å². The minimum absolute atomic E-state index is 0.579. The number of aromatic nitrogens is 2. The second-order valence-electron chi connectivity index (χ2n) is 7.08. The number of anilines is 2. The average molecular weight is 393 g/mol. The second-order valence-corrected chi connectivity index (χ2v) is 7.08. The summed E-state index contributed by atoms with van der Waals surface area (Å²) in [6, 6.07) is 7.80. The maximum atomic E-state index is 7.40. The molecule has 4 N–H and O–H groups in total. The lowest BCUT2D eigenvalue weighted by Gasteiger charge is -2.34. The molecule has 3 rings (SSSR count). The van der Waals surface area contributed by atoms with E-state index < -0.39 is 0 Å². The van der Waals surface area contributed by atoms with E-state index in [9.17, 15) is 0 Å². The van der Waals surface area contributed by atoms with E-state index >= 15 is 0 Å². The molecule has 152 valence electrons. The van der Waals surface area contributed by atoms with Crippen molar-refractivity contribution in [1.82, 2.24) is 14.9 Å². The van der Waals surface area contributed by atoms with E-state index in [4.69, 9.17) is 11.1 Å². The Labute approximate surface area is 171 Å². The third-order valence-electron chi connectivity index (χ3n) is 4.91. The SMILES string of the molecule is CC(=Nc1cc(N2CCN(C)CC2)ccn1)Nc1ccc(C(C=N)=CN)nc1C. The van der Waals surface area contributed by atoms with Gasteiger partial charge in [-0.3, -0.25) is 4.98 Å². The number of nitrogens with two attached hydrogens (primary N) is 1. The maximum Gasteiger partial charge on any atom is 0.155 e. The van der Waals surface area contributed by atoms with Crippen molar-refractivity contribution in [1.29, 1.82) is 5.41 Å². The van der Waals surface area contributed by atoms with Gasteiger partial charge in [-0.15, -0.1) is 0 Å². The molecule has 0 saturated carbocycles. The van der Waals surface area contributed by atoms with Gasteiger partial charge in [0.05, 0.1) is 17.1 Å². The number of nitrogens with one attached hydrogen (secondary N) is 2. The van der Waals surface area contributed by atoms with Crippen LogP contribution >= 0.6 is 0 Å². The molecule has 2 aromatic heterocycles. The van der Waals surface area contributed by atoms with E-state index in [-0.39, 0.29) is 0 Å². The molecule has 0 atom stereocenters. The Hall–Kier alpha value is -3.26. The van der Waals surface area contributed by atoms with Crippen LogP contribution in [-0.2, 0) is 0 Å². The lowest BCUT2D eigenvalue weighted by Crippen LogP contribution is -2.44.